The Balaban J connectivity index is 2.87. The molecule has 0 aliphatic heterocycles. The maximum atomic E-state index is 11.7. The van der Waals surface area contributed by atoms with Crippen LogP contribution in [0.25, 0.3) is 0 Å². The quantitative estimate of drug-likeness (QED) is 0.738. The third kappa shape index (κ3) is 5.50. The summed E-state index contributed by atoms with van der Waals surface area (Å²) >= 11 is 5.89. The fourth-order valence-electron chi connectivity index (χ4n) is 2.36. The van der Waals surface area contributed by atoms with Gasteiger partial charge in [0.15, 0.2) is 0 Å². The SMILES string of the molecule is CCC(CC)[C@@H](Oc1ccc(Cl)cc1)[C@H](C)OC(=O)[C@H](C)N. The van der Waals surface area contributed by atoms with E-state index in [1.807, 2.05) is 19.1 Å². The van der Waals surface area contributed by atoms with E-state index in [0.717, 1.165) is 12.8 Å². The number of hydrogen-bond acceptors (Lipinski definition) is 4. The zero-order chi connectivity index (χ0) is 16.7. The Morgan fingerprint density at radius 3 is 2.18 bits per heavy atom. The van der Waals surface area contributed by atoms with E-state index < -0.39 is 12.0 Å². The van der Waals surface area contributed by atoms with E-state index in [0.29, 0.717) is 10.8 Å². The van der Waals surface area contributed by atoms with Crippen LogP contribution >= 0.6 is 11.6 Å². The van der Waals surface area contributed by atoms with E-state index in [2.05, 4.69) is 13.8 Å². The zero-order valence-corrected chi connectivity index (χ0v) is 14.5. The molecule has 1 aromatic carbocycles. The van der Waals surface area contributed by atoms with Crippen molar-refractivity contribution in [3.8, 4) is 5.75 Å². The van der Waals surface area contributed by atoms with Gasteiger partial charge in [-0.15, -0.1) is 0 Å². The number of ether oxygens (including phenoxy) is 2. The Labute approximate surface area is 137 Å². The van der Waals surface area contributed by atoms with Crippen molar-refractivity contribution in [2.45, 2.75) is 58.8 Å². The summed E-state index contributed by atoms with van der Waals surface area (Å²) in [5.74, 6) is 0.583. The number of rotatable bonds is 8. The van der Waals surface area contributed by atoms with Gasteiger partial charge in [0.1, 0.15) is 24.0 Å². The fraction of sp³-hybridized carbons (Fsp3) is 0.588. The van der Waals surface area contributed by atoms with E-state index in [4.69, 9.17) is 26.8 Å². The summed E-state index contributed by atoms with van der Waals surface area (Å²) < 4.78 is 11.5. The molecule has 22 heavy (non-hydrogen) atoms. The van der Waals surface area contributed by atoms with E-state index in [9.17, 15) is 4.79 Å². The highest BCUT2D eigenvalue weighted by atomic mass is 35.5. The Bertz CT molecular complexity index is 457. The number of benzene rings is 1. The smallest absolute Gasteiger partial charge is 0.323 e. The van der Waals surface area contributed by atoms with Crippen molar-refractivity contribution in [3.05, 3.63) is 29.3 Å². The highest BCUT2D eigenvalue weighted by Gasteiger charge is 2.30. The summed E-state index contributed by atoms with van der Waals surface area (Å²) in [6.07, 6.45) is 1.28. The number of carbonyl (C=O) groups is 1. The molecule has 0 aliphatic carbocycles. The normalized spacial score (nSPS) is 15.2. The van der Waals surface area contributed by atoms with Crippen LogP contribution in [0.5, 0.6) is 5.75 Å². The Morgan fingerprint density at radius 1 is 1.18 bits per heavy atom. The van der Waals surface area contributed by atoms with Crippen LogP contribution in [0, 0.1) is 5.92 Å². The number of halogens is 1. The lowest BCUT2D eigenvalue weighted by atomic mass is 9.93. The summed E-state index contributed by atoms with van der Waals surface area (Å²) in [4.78, 5) is 11.7. The molecule has 1 aromatic rings. The number of carbonyl (C=O) groups excluding carboxylic acids is 1. The maximum absolute atomic E-state index is 11.7. The molecule has 0 radical (unpaired) electrons. The first-order valence-electron chi connectivity index (χ1n) is 7.77. The van der Waals surface area contributed by atoms with E-state index in [1.165, 1.54) is 0 Å². The molecular formula is C17H26ClNO3. The third-order valence-electron chi connectivity index (χ3n) is 3.74. The van der Waals surface area contributed by atoms with Gasteiger partial charge in [0.25, 0.3) is 0 Å². The van der Waals surface area contributed by atoms with Crippen LogP contribution in [0.15, 0.2) is 24.3 Å². The molecule has 0 bridgehead atoms. The molecule has 5 heteroatoms. The van der Waals surface area contributed by atoms with Crippen molar-refractivity contribution >= 4 is 17.6 Å². The van der Waals surface area contributed by atoms with Crippen molar-refractivity contribution < 1.29 is 14.3 Å². The monoisotopic (exact) mass is 327 g/mol. The van der Waals surface area contributed by atoms with Gasteiger partial charge in [-0.2, -0.15) is 0 Å². The maximum Gasteiger partial charge on any atom is 0.323 e. The first kappa shape index (κ1) is 18.8. The van der Waals surface area contributed by atoms with Crippen LogP contribution in [0.1, 0.15) is 40.5 Å². The first-order chi connectivity index (χ1) is 10.4. The average Bonchev–Trinajstić information content (AvgIpc) is 2.49. The van der Waals surface area contributed by atoms with Gasteiger partial charge in [-0.05, 0) is 56.9 Å². The number of hydrogen-bond donors (Lipinski definition) is 1. The minimum Gasteiger partial charge on any atom is -0.486 e. The third-order valence-corrected chi connectivity index (χ3v) is 3.99. The summed E-state index contributed by atoms with van der Waals surface area (Å²) in [7, 11) is 0. The molecule has 0 saturated heterocycles. The molecular weight excluding hydrogens is 302 g/mol. The molecule has 124 valence electrons. The lowest BCUT2D eigenvalue weighted by molar-refractivity contribution is -0.155. The van der Waals surface area contributed by atoms with Crippen molar-refractivity contribution in [3.63, 3.8) is 0 Å². The van der Waals surface area contributed by atoms with Gasteiger partial charge in [0.05, 0.1) is 0 Å². The highest BCUT2D eigenvalue weighted by molar-refractivity contribution is 6.30. The van der Waals surface area contributed by atoms with Crippen LogP contribution < -0.4 is 10.5 Å². The number of esters is 1. The van der Waals surface area contributed by atoms with E-state index >= 15 is 0 Å². The molecule has 0 spiro atoms. The van der Waals surface area contributed by atoms with Gasteiger partial charge in [-0.1, -0.05) is 25.4 Å². The fourth-order valence-corrected chi connectivity index (χ4v) is 2.48. The molecule has 0 aromatic heterocycles. The molecule has 0 aliphatic rings. The van der Waals surface area contributed by atoms with Crippen molar-refractivity contribution in [2.24, 2.45) is 11.7 Å². The second-order valence-electron chi connectivity index (χ2n) is 5.54. The summed E-state index contributed by atoms with van der Waals surface area (Å²) in [6, 6.07) is 6.55. The predicted octanol–water partition coefficient (Wildman–Crippen LogP) is 3.80. The van der Waals surface area contributed by atoms with Crippen LogP contribution in [0.4, 0.5) is 0 Å². The first-order valence-corrected chi connectivity index (χ1v) is 8.15. The average molecular weight is 328 g/mol. The highest BCUT2D eigenvalue weighted by Crippen LogP contribution is 2.25. The molecule has 2 N–H and O–H groups in total. The van der Waals surface area contributed by atoms with Gasteiger partial charge >= 0.3 is 5.97 Å². The molecule has 1 rings (SSSR count). The standard InChI is InChI=1S/C17H26ClNO3/c1-5-13(6-2)16(12(4)21-17(20)11(3)19)22-15-9-7-14(18)8-10-15/h7-13,16H,5-6,19H2,1-4H3/t11-,12-,16-/m0/s1. The summed E-state index contributed by atoms with van der Waals surface area (Å²) in [6.45, 7) is 7.67. The van der Waals surface area contributed by atoms with Crippen molar-refractivity contribution in [2.75, 3.05) is 0 Å². The topological polar surface area (TPSA) is 61.5 Å². The van der Waals surface area contributed by atoms with E-state index in [-0.39, 0.29) is 18.1 Å². The Kier molecular flexibility index (Phi) is 7.69. The lowest BCUT2D eigenvalue weighted by Crippen LogP contribution is -2.42. The Morgan fingerprint density at radius 2 is 1.73 bits per heavy atom. The molecule has 4 nitrogen and oxygen atoms in total. The molecule has 3 atom stereocenters. The summed E-state index contributed by atoms with van der Waals surface area (Å²) in [5, 5.41) is 0.655. The molecule has 0 fully saturated rings. The van der Waals surface area contributed by atoms with Gasteiger partial charge in [-0.25, -0.2) is 0 Å². The lowest BCUT2D eigenvalue weighted by Gasteiger charge is -2.31. The van der Waals surface area contributed by atoms with Crippen molar-refractivity contribution in [1.82, 2.24) is 0 Å². The van der Waals surface area contributed by atoms with Crippen molar-refractivity contribution in [1.29, 1.82) is 0 Å². The van der Waals surface area contributed by atoms with Crippen LogP contribution in [0.2, 0.25) is 5.02 Å². The molecule has 0 saturated carbocycles. The minimum absolute atomic E-state index is 0.223. The van der Waals surface area contributed by atoms with Crippen LogP contribution in [0.3, 0.4) is 0 Å². The largest absolute Gasteiger partial charge is 0.486 e. The van der Waals surface area contributed by atoms with E-state index in [1.54, 1.807) is 19.1 Å². The van der Waals surface area contributed by atoms with Gasteiger partial charge < -0.3 is 15.2 Å². The van der Waals surface area contributed by atoms with Gasteiger partial charge in [0, 0.05) is 5.02 Å². The predicted molar refractivity (Wildman–Crippen MR) is 89.1 cm³/mol. The van der Waals surface area contributed by atoms with Gasteiger partial charge in [0.2, 0.25) is 0 Å². The minimum atomic E-state index is -0.639. The van der Waals surface area contributed by atoms with Gasteiger partial charge in [-0.3, -0.25) is 4.79 Å². The Hall–Kier alpha value is -1.26. The second kappa shape index (κ2) is 9.01. The number of nitrogens with two attached hydrogens (primary N) is 1. The molecule has 0 unspecified atom stereocenters. The molecule has 0 heterocycles. The summed E-state index contributed by atoms with van der Waals surface area (Å²) in [5.41, 5.74) is 5.56. The zero-order valence-electron chi connectivity index (χ0n) is 13.7. The second-order valence-corrected chi connectivity index (χ2v) is 5.98. The van der Waals surface area contributed by atoms with Crippen LogP contribution in [-0.2, 0) is 9.53 Å². The molecule has 0 amide bonds. The van der Waals surface area contributed by atoms with Crippen LogP contribution in [-0.4, -0.2) is 24.2 Å².